The zero-order chi connectivity index (χ0) is 21.7. The van der Waals surface area contributed by atoms with Gasteiger partial charge in [0.2, 0.25) is 5.95 Å². The van der Waals surface area contributed by atoms with E-state index in [0.717, 1.165) is 60.0 Å². The molecule has 164 valence electrons. The molecule has 2 aliphatic rings. The Morgan fingerprint density at radius 3 is 2.88 bits per heavy atom. The predicted octanol–water partition coefficient (Wildman–Crippen LogP) is 3.15. The molecule has 5 heterocycles. The van der Waals surface area contributed by atoms with Crippen LogP contribution in [0.3, 0.4) is 0 Å². The maximum Gasteiger partial charge on any atom is 0.254 e. The number of carbonyl (C=O) groups excluding carboxylic acids is 1. The van der Waals surface area contributed by atoms with E-state index in [-0.39, 0.29) is 11.5 Å². The number of nitrogens with one attached hydrogen (secondary N) is 3. The van der Waals surface area contributed by atoms with Crippen molar-refractivity contribution in [3.63, 3.8) is 0 Å². The number of nitrogens with zero attached hydrogens (tertiary/aromatic N) is 4. The average molecular weight is 432 g/mol. The lowest BCUT2D eigenvalue weighted by Gasteiger charge is -2.46. The second-order valence-electron chi connectivity index (χ2n) is 8.74. The van der Waals surface area contributed by atoms with Crippen LogP contribution in [0.1, 0.15) is 42.5 Å². The summed E-state index contributed by atoms with van der Waals surface area (Å²) >= 11 is 0. The predicted molar refractivity (Wildman–Crippen MR) is 121 cm³/mol. The first-order valence-electron chi connectivity index (χ1n) is 11.1. The van der Waals surface area contributed by atoms with Crippen LogP contribution in [0.4, 0.5) is 5.95 Å². The molecule has 1 aliphatic carbocycles. The molecule has 9 heteroatoms. The van der Waals surface area contributed by atoms with Crippen molar-refractivity contribution in [2.75, 3.05) is 19.0 Å². The molecule has 3 N–H and O–H groups in total. The number of pyridine rings is 1. The minimum absolute atomic E-state index is 0.158. The van der Waals surface area contributed by atoms with Crippen molar-refractivity contribution < 1.29 is 9.53 Å². The van der Waals surface area contributed by atoms with E-state index in [1.54, 1.807) is 17.8 Å². The summed E-state index contributed by atoms with van der Waals surface area (Å²) in [5, 5.41) is 11.4. The van der Waals surface area contributed by atoms with Crippen molar-refractivity contribution in [3.05, 3.63) is 42.5 Å². The van der Waals surface area contributed by atoms with Crippen LogP contribution in [0.2, 0.25) is 0 Å². The van der Waals surface area contributed by atoms with Crippen LogP contribution in [0.25, 0.3) is 27.7 Å². The average Bonchev–Trinajstić information content (AvgIpc) is 3.41. The second kappa shape index (κ2) is 7.30. The van der Waals surface area contributed by atoms with Crippen molar-refractivity contribution in [3.8, 4) is 11.1 Å². The standard InChI is InChI=1S/C23H25N7O2/c1-24-21(31)18-13-27-30-8-4-14(10-19(18)30)16-11-25-20-17(16)12-26-22(29-20)28-15-2-5-23(6-3-15)7-9-32-23/h4,8,10-13,15H,2-3,5-7,9H2,1H3,(H,24,31)(H2,25,26,28,29)/t15-,23+. The first kappa shape index (κ1) is 19.2. The number of carbonyl (C=O) groups is 1. The number of hydrogen-bond acceptors (Lipinski definition) is 6. The van der Waals surface area contributed by atoms with E-state index in [1.807, 2.05) is 30.7 Å². The van der Waals surface area contributed by atoms with Gasteiger partial charge in [-0.05, 0) is 49.8 Å². The molecule has 4 aromatic heterocycles. The zero-order valence-electron chi connectivity index (χ0n) is 17.9. The van der Waals surface area contributed by atoms with E-state index >= 15 is 0 Å². The lowest BCUT2D eigenvalue weighted by atomic mass is 9.77. The minimum Gasteiger partial charge on any atom is -0.375 e. The van der Waals surface area contributed by atoms with Crippen molar-refractivity contribution >= 4 is 28.4 Å². The number of ether oxygens (including phenoxy) is 1. The number of anilines is 1. The van der Waals surface area contributed by atoms with Crippen molar-refractivity contribution in [2.24, 2.45) is 0 Å². The van der Waals surface area contributed by atoms with Crippen LogP contribution < -0.4 is 10.6 Å². The Balaban J connectivity index is 1.26. The molecule has 6 rings (SSSR count). The Kier molecular flexibility index (Phi) is 4.39. The number of aromatic nitrogens is 5. The number of fused-ring (bicyclic) bond motifs is 2. The Hall–Kier alpha value is -3.46. The first-order chi connectivity index (χ1) is 15.6. The van der Waals surface area contributed by atoms with E-state index in [1.165, 1.54) is 6.42 Å². The van der Waals surface area contributed by atoms with Gasteiger partial charge in [0.05, 0.1) is 29.5 Å². The van der Waals surface area contributed by atoms with Crippen molar-refractivity contribution in [1.29, 1.82) is 0 Å². The quantitative estimate of drug-likeness (QED) is 0.458. The topological polar surface area (TPSA) is 109 Å². The van der Waals surface area contributed by atoms with Crippen molar-refractivity contribution in [2.45, 2.75) is 43.7 Å². The van der Waals surface area contributed by atoms with Crippen LogP contribution in [-0.2, 0) is 4.74 Å². The van der Waals surface area contributed by atoms with E-state index in [0.29, 0.717) is 17.6 Å². The van der Waals surface area contributed by atoms with Gasteiger partial charge in [-0.3, -0.25) is 4.79 Å². The normalized spacial score (nSPS) is 22.8. The summed E-state index contributed by atoms with van der Waals surface area (Å²) in [5.74, 6) is 0.488. The lowest BCUT2D eigenvalue weighted by molar-refractivity contribution is -0.165. The molecule has 0 aromatic carbocycles. The van der Waals surface area contributed by atoms with Crippen LogP contribution in [0, 0.1) is 0 Å². The van der Waals surface area contributed by atoms with Gasteiger partial charge >= 0.3 is 0 Å². The van der Waals surface area contributed by atoms with Gasteiger partial charge in [-0.25, -0.2) is 9.50 Å². The highest BCUT2D eigenvalue weighted by molar-refractivity contribution is 6.02. The summed E-state index contributed by atoms with van der Waals surface area (Å²) in [4.78, 5) is 24.7. The fraction of sp³-hybridized carbons (Fsp3) is 0.391. The summed E-state index contributed by atoms with van der Waals surface area (Å²) in [6.45, 7) is 0.911. The van der Waals surface area contributed by atoms with Gasteiger partial charge in [0.25, 0.3) is 5.91 Å². The lowest BCUT2D eigenvalue weighted by Crippen LogP contribution is -2.48. The van der Waals surface area contributed by atoms with Gasteiger partial charge in [-0.1, -0.05) is 0 Å². The van der Waals surface area contributed by atoms with Crippen molar-refractivity contribution in [1.82, 2.24) is 29.9 Å². The highest BCUT2D eigenvalue weighted by Gasteiger charge is 2.41. The molecule has 0 radical (unpaired) electrons. The molecule has 1 aliphatic heterocycles. The molecule has 0 bridgehead atoms. The molecule has 4 aromatic rings. The zero-order valence-corrected chi connectivity index (χ0v) is 17.9. The maximum absolute atomic E-state index is 12.2. The van der Waals surface area contributed by atoms with Crippen LogP contribution in [0.5, 0.6) is 0 Å². The number of H-pyrrole nitrogens is 1. The van der Waals surface area contributed by atoms with Gasteiger partial charge < -0.3 is 20.4 Å². The summed E-state index contributed by atoms with van der Waals surface area (Å²) < 4.78 is 7.52. The fourth-order valence-corrected chi connectivity index (χ4v) is 4.93. The van der Waals surface area contributed by atoms with Gasteiger partial charge in [-0.2, -0.15) is 10.1 Å². The largest absolute Gasteiger partial charge is 0.375 e. The number of amides is 1. The Morgan fingerprint density at radius 1 is 1.28 bits per heavy atom. The summed E-state index contributed by atoms with van der Waals surface area (Å²) in [7, 11) is 1.62. The molecule has 1 spiro atoms. The monoisotopic (exact) mass is 431 g/mol. The van der Waals surface area contributed by atoms with Crippen LogP contribution >= 0.6 is 0 Å². The number of aromatic amines is 1. The SMILES string of the molecule is CNC(=O)c1cnn2ccc(-c3c[nH]c4nc(N[C@H]5CC[C@]6(CCO6)CC5)ncc34)cc12. The summed E-state index contributed by atoms with van der Waals surface area (Å²) in [6, 6.07) is 4.32. The summed E-state index contributed by atoms with van der Waals surface area (Å²) in [6.07, 6.45) is 12.8. The Bertz CT molecular complexity index is 1310. The van der Waals surface area contributed by atoms with Gasteiger partial charge in [0, 0.05) is 42.6 Å². The summed E-state index contributed by atoms with van der Waals surface area (Å²) in [5.41, 5.74) is 4.19. The molecule has 1 saturated carbocycles. The smallest absolute Gasteiger partial charge is 0.254 e. The molecule has 32 heavy (non-hydrogen) atoms. The van der Waals surface area contributed by atoms with Crippen LogP contribution in [0.15, 0.2) is 36.9 Å². The molecule has 0 atom stereocenters. The molecule has 0 unspecified atom stereocenters. The molecule has 2 fully saturated rings. The Labute approximate surface area is 184 Å². The third kappa shape index (κ3) is 3.12. The maximum atomic E-state index is 12.2. The van der Waals surface area contributed by atoms with Gasteiger partial charge in [0.1, 0.15) is 5.65 Å². The third-order valence-corrected chi connectivity index (χ3v) is 6.93. The van der Waals surface area contributed by atoms with Crippen LogP contribution in [-0.4, -0.2) is 55.8 Å². The number of hydrogen-bond donors (Lipinski definition) is 3. The Morgan fingerprint density at radius 2 is 2.12 bits per heavy atom. The van der Waals surface area contributed by atoms with E-state index in [2.05, 4.69) is 25.7 Å². The highest BCUT2D eigenvalue weighted by Crippen LogP contribution is 2.41. The molecule has 1 saturated heterocycles. The van der Waals surface area contributed by atoms with Gasteiger partial charge in [0.15, 0.2) is 0 Å². The highest BCUT2D eigenvalue weighted by atomic mass is 16.5. The number of rotatable bonds is 4. The second-order valence-corrected chi connectivity index (χ2v) is 8.74. The molecular weight excluding hydrogens is 406 g/mol. The van der Waals surface area contributed by atoms with E-state index < -0.39 is 0 Å². The molecular formula is C23H25N7O2. The molecule has 1 amide bonds. The minimum atomic E-state index is -0.160. The molecule has 9 nitrogen and oxygen atoms in total. The fourth-order valence-electron chi connectivity index (χ4n) is 4.93. The van der Waals surface area contributed by atoms with E-state index in [9.17, 15) is 4.79 Å². The third-order valence-electron chi connectivity index (χ3n) is 6.93. The van der Waals surface area contributed by atoms with Gasteiger partial charge in [-0.15, -0.1) is 0 Å². The first-order valence-corrected chi connectivity index (χ1v) is 11.1. The van der Waals surface area contributed by atoms with E-state index in [4.69, 9.17) is 9.72 Å².